The summed E-state index contributed by atoms with van der Waals surface area (Å²) in [6.07, 6.45) is 3.58. The van der Waals surface area contributed by atoms with Crippen LogP contribution in [0.1, 0.15) is 0 Å². The molecule has 0 spiro atoms. The lowest BCUT2D eigenvalue weighted by Gasteiger charge is -1.99. The van der Waals surface area contributed by atoms with Gasteiger partial charge in [-0.25, -0.2) is 0 Å². The topological polar surface area (TPSA) is 90.2 Å². The molecule has 0 aliphatic rings. The molecule has 7 nitrogen and oxygen atoms in total. The maximum absolute atomic E-state index is 11.0. The molecule has 0 aliphatic heterocycles. The molecule has 7 heteroatoms. The van der Waals surface area contributed by atoms with Crippen molar-refractivity contribution in [3.8, 4) is 5.69 Å². The fraction of sp³-hybridized carbons (Fsp3) is 0. The lowest BCUT2D eigenvalue weighted by atomic mass is 10.1. The van der Waals surface area contributed by atoms with E-state index >= 15 is 0 Å². The highest BCUT2D eigenvalue weighted by atomic mass is 16.6. The number of hydrogen-bond donors (Lipinski definition) is 0. The van der Waals surface area contributed by atoms with Crippen LogP contribution in [0.25, 0.3) is 16.5 Å². The summed E-state index contributed by atoms with van der Waals surface area (Å²) in [5.41, 5.74) is -0.554. The third kappa shape index (κ3) is 2.35. The molecule has 0 saturated carbocycles. The van der Waals surface area contributed by atoms with E-state index in [0.29, 0.717) is 5.69 Å². The molecule has 0 atom stereocenters. The largest absolute Gasteiger partial charge is 0.352 e. The summed E-state index contributed by atoms with van der Waals surface area (Å²) < 4.78 is 1.69. The van der Waals surface area contributed by atoms with Gasteiger partial charge in [0.1, 0.15) is 0 Å². The van der Waals surface area contributed by atoms with Crippen molar-refractivity contribution in [1.82, 2.24) is 0 Å². The van der Waals surface area contributed by atoms with E-state index in [0.717, 1.165) is 16.8 Å². The van der Waals surface area contributed by atoms with E-state index in [4.69, 9.17) is 0 Å². The van der Waals surface area contributed by atoms with Gasteiger partial charge < -0.3 is 0 Å². The van der Waals surface area contributed by atoms with Crippen molar-refractivity contribution in [2.24, 2.45) is 0 Å². The van der Waals surface area contributed by atoms with E-state index in [2.05, 4.69) is 0 Å². The van der Waals surface area contributed by atoms with Gasteiger partial charge >= 0.3 is 11.4 Å². The van der Waals surface area contributed by atoms with Gasteiger partial charge in [0.15, 0.2) is 12.4 Å². The molecule has 22 heavy (non-hydrogen) atoms. The molecular weight excluding hydrogens is 286 g/mol. The second-order valence-corrected chi connectivity index (χ2v) is 4.67. The Balaban J connectivity index is 2.16. The minimum absolute atomic E-state index is 0.489. The SMILES string of the molecule is O=[N+]([O-])c1ccc(-[n+]2ccc3ccccc3c2)cc1[N+](=O)[O-]. The van der Waals surface area contributed by atoms with Gasteiger partial charge in [0, 0.05) is 23.6 Å². The zero-order valence-corrected chi connectivity index (χ0v) is 11.2. The van der Waals surface area contributed by atoms with Crippen molar-refractivity contribution in [2.45, 2.75) is 0 Å². The van der Waals surface area contributed by atoms with Crippen LogP contribution in [0.3, 0.4) is 0 Å². The minimum atomic E-state index is -0.757. The standard InChI is InChI=1S/C15H10N3O4/c19-17(20)14-6-5-13(9-15(14)18(21)22)16-8-7-11-3-1-2-4-12(11)10-16/h1-10H/q+1. The van der Waals surface area contributed by atoms with Crippen molar-refractivity contribution in [3.05, 3.63) is 81.2 Å². The van der Waals surface area contributed by atoms with Crippen molar-refractivity contribution in [3.63, 3.8) is 0 Å². The molecule has 0 aliphatic carbocycles. The first-order valence-corrected chi connectivity index (χ1v) is 6.39. The van der Waals surface area contributed by atoms with Gasteiger partial charge in [0.25, 0.3) is 0 Å². The van der Waals surface area contributed by atoms with E-state index < -0.39 is 21.2 Å². The number of aromatic nitrogens is 1. The van der Waals surface area contributed by atoms with Crippen LogP contribution in [-0.4, -0.2) is 9.85 Å². The van der Waals surface area contributed by atoms with Gasteiger partial charge in [-0.1, -0.05) is 18.2 Å². The minimum Gasteiger partial charge on any atom is -0.258 e. The van der Waals surface area contributed by atoms with Gasteiger partial charge in [-0.05, 0) is 11.5 Å². The quantitative estimate of drug-likeness (QED) is 0.422. The van der Waals surface area contributed by atoms with Crippen LogP contribution in [0.15, 0.2) is 60.9 Å². The van der Waals surface area contributed by atoms with E-state index in [-0.39, 0.29) is 0 Å². The summed E-state index contributed by atoms with van der Waals surface area (Å²) in [7, 11) is 0. The van der Waals surface area contributed by atoms with Gasteiger partial charge in [-0.15, -0.1) is 0 Å². The molecule has 0 N–H and O–H groups in total. The lowest BCUT2D eigenvalue weighted by molar-refractivity contribution is -0.594. The highest BCUT2D eigenvalue weighted by Gasteiger charge is 2.26. The Labute approximate surface area is 124 Å². The van der Waals surface area contributed by atoms with Crippen molar-refractivity contribution in [1.29, 1.82) is 0 Å². The summed E-state index contributed by atoms with van der Waals surface area (Å²) in [4.78, 5) is 20.4. The summed E-state index contributed by atoms with van der Waals surface area (Å²) in [5, 5.41) is 23.9. The van der Waals surface area contributed by atoms with Crippen molar-refractivity contribution >= 4 is 22.1 Å². The number of nitro benzene ring substituents is 2. The Morgan fingerprint density at radius 3 is 2.18 bits per heavy atom. The second kappa shape index (κ2) is 5.21. The number of pyridine rings is 1. The Hall–Kier alpha value is -3.35. The van der Waals surface area contributed by atoms with E-state index in [1.54, 1.807) is 10.8 Å². The molecule has 0 radical (unpaired) electrons. The molecule has 1 aromatic heterocycles. The molecule has 1 heterocycles. The molecule has 0 fully saturated rings. The highest BCUT2D eigenvalue weighted by Crippen LogP contribution is 2.27. The Kier molecular flexibility index (Phi) is 3.23. The van der Waals surface area contributed by atoms with Gasteiger partial charge in [0.05, 0.1) is 15.9 Å². The first-order chi connectivity index (χ1) is 10.6. The molecule has 3 rings (SSSR count). The maximum atomic E-state index is 11.0. The molecule has 0 bridgehead atoms. The number of nitrogens with zero attached hydrogens (tertiary/aromatic N) is 3. The third-order valence-electron chi connectivity index (χ3n) is 3.34. The van der Waals surface area contributed by atoms with Crippen LogP contribution in [0, 0.1) is 20.2 Å². The van der Waals surface area contributed by atoms with Gasteiger partial charge in [-0.3, -0.25) is 20.2 Å². The van der Waals surface area contributed by atoms with Crippen molar-refractivity contribution in [2.75, 3.05) is 0 Å². The molecule has 108 valence electrons. The molecule has 0 saturated heterocycles. The van der Waals surface area contributed by atoms with Gasteiger partial charge in [-0.2, -0.15) is 4.57 Å². The maximum Gasteiger partial charge on any atom is 0.352 e. The zero-order valence-electron chi connectivity index (χ0n) is 11.2. The summed E-state index contributed by atoms with van der Waals surface area (Å²) >= 11 is 0. The summed E-state index contributed by atoms with van der Waals surface area (Å²) in [6.45, 7) is 0. The van der Waals surface area contributed by atoms with Crippen LogP contribution >= 0.6 is 0 Å². The van der Waals surface area contributed by atoms with E-state index in [1.165, 1.54) is 12.1 Å². The Bertz CT molecular complexity index is 908. The first kappa shape index (κ1) is 13.6. The van der Waals surface area contributed by atoms with E-state index in [1.807, 2.05) is 36.5 Å². The molecule has 3 aromatic rings. The van der Waals surface area contributed by atoms with Crippen LogP contribution < -0.4 is 4.57 Å². The zero-order chi connectivity index (χ0) is 15.7. The smallest absolute Gasteiger partial charge is 0.258 e. The average molecular weight is 296 g/mol. The monoisotopic (exact) mass is 296 g/mol. The predicted octanol–water partition coefficient (Wildman–Crippen LogP) is 2.93. The van der Waals surface area contributed by atoms with E-state index in [9.17, 15) is 20.2 Å². The Morgan fingerprint density at radius 2 is 1.50 bits per heavy atom. The number of fused-ring (bicyclic) bond motifs is 1. The molecule has 0 unspecified atom stereocenters. The fourth-order valence-electron chi connectivity index (χ4n) is 2.27. The normalized spacial score (nSPS) is 10.5. The van der Waals surface area contributed by atoms with Crippen LogP contribution in [0.5, 0.6) is 0 Å². The van der Waals surface area contributed by atoms with Crippen LogP contribution in [0.2, 0.25) is 0 Å². The first-order valence-electron chi connectivity index (χ1n) is 6.39. The van der Waals surface area contributed by atoms with Crippen LogP contribution in [0.4, 0.5) is 11.4 Å². The third-order valence-corrected chi connectivity index (χ3v) is 3.34. The summed E-state index contributed by atoms with van der Waals surface area (Å²) in [5.74, 6) is 0. The molecule has 0 amide bonds. The highest BCUT2D eigenvalue weighted by molar-refractivity contribution is 5.80. The molecule has 2 aromatic carbocycles. The number of rotatable bonds is 3. The lowest BCUT2D eigenvalue weighted by Crippen LogP contribution is -2.29. The fourth-order valence-corrected chi connectivity index (χ4v) is 2.27. The number of hydrogen-bond acceptors (Lipinski definition) is 4. The molecular formula is C15H10N3O4+. The predicted molar refractivity (Wildman–Crippen MR) is 78.8 cm³/mol. The van der Waals surface area contributed by atoms with Gasteiger partial charge in [0.2, 0.25) is 5.69 Å². The van der Waals surface area contributed by atoms with Crippen molar-refractivity contribution < 1.29 is 14.4 Å². The number of nitro groups is 2. The summed E-state index contributed by atoms with van der Waals surface area (Å²) in [6, 6.07) is 13.4. The number of benzene rings is 2. The second-order valence-electron chi connectivity index (χ2n) is 4.67. The van der Waals surface area contributed by atoms with Crippen LogP contribution in [-0.2, 0) is 0 Å². The average Bonchev–Trinajstić information content (AvgIpc) is 2.53. The Morgan fingerprint density at radius 1 is 0.818 bits per heavy atom.